The fourth-order valence-corrected chi connectivity index (χ4v) is 3.32. The molecule has 0 aliphatic carbocycles. The zero-order valence-electron chi connectivity index (χ0n) is 12.6. The van der Waals surface area contributed by atoms with Crippen molar-refractivity contribution in [2.75, 3.05) is 0 Å². The molecule has 4 aromatic rings. The normalized spacial score (nSPS) is 11.5. The summed E-state index contributed by atoms with van der Waals surface area (Å²) >= 11 is 9.60. The van der Waals surface area contributed by atoms with E-state index in [-0.39, 0.29) is 34.1 Å². The molecule has 0 unspecified atom stereocenters. The average molecular weight is 423 g/mol. The molecular weight excluding hydrogens is 413 g/mol. The lowest BCUT2D eigenvalue weighted by Gasteiger charge is -2.07. The highest BCUT2D eigenvalue weighted by Gasteiger charge is 2.17. The van der Waals surface area contributed by atoms with Crippen LogP contribution in [0, 0.1) is 5.82 Å². The van der Waals surface area contributed by atoms with Crippen LogP contribution in [0.4, 0.5) is 4.39 Å². The zero-order chi connectivity index (χ0) is 17.7. The third-order valence-electron chi connectivity index (χ3n) is 3.90. The molecule has 0 saturated carbocycles. The molecule has 5 nitrogen and oxygen atoms in total. The van der Waals surface area contributed by atoms with Crippen LogP contribution in [-0.4, -0.2) is 9.97 Å². The molecule has 0 saturated heterocycles. The summed E-state index contributed by atoms with van der Waals surface area (Å²) in [6.45, 7) is 0.0230. The molecule has 126 valence electrons. The first-order valence-corrected chi connectivity index (χ1v) is 8.45. The lowest BCUT2D eigenvalue weighted by atomic mass is 10.1. The van der Waals surface area contributed by atoms with Crippen molar-refractivity contribution < 1.29 is 8.81 Å². The quantitative estimate of drug-likeness (QED) is 0.503. The molecule has 2 aromatic heterocycles. The summed E-state index contributed by atoms with van der Waals surface area (Å²) in [5.41, 5.74) is 6.60. The molecule has 2 heterocycles. The Morgan fingerprint density at radius 2 is 2.12 bits per heavy atom. The molecule has 0 amide bonds. The molecular formula is C17H10BrClFN3O2. The third-order valence-corrected chi connectivity index (χ3v) is 4.70. The maximum Gasteiger partial charge on any atom is 0.294 e. The number of rotatable bonds is 2. The topological polar surface area (TPSA) is 84.9 Å². The van der Waals surface area contributed by atoms with Gasteiger partial charge in [-0.2, -0.15) is 0 Å². The Morgan fingerprint density at radius 3 is 2.88 bits per heavy atom. The summed E-state index contributed by atoms with van der Waals surface area (Å²) in [5.74, 6) is -0.350. The molecule has 25 heavy (non-hydrogen) atoms. The molecule has 0 aliphatic rings. The van der Waals surface area contributed by atoms with Crippen LogP contribution in [0.3, 0.4) is 0 Å². The van der Waals surface area contributed by atoms with Crippen molar-refractivity contribution in [3.05, 3.63) is 61.6 Å². The van der Waals surface area contributed by atoms with Crippen LogP contribution in [0.1, 0.15) is 5.56 Å². The van der Waals surface area contributed by atoms with Crippen molar-refractivity contribution in [1.82, 2.24) is 9.97 Å². The maximum atomic E-state index is 14.1. The van der Waals surface area contributed by atoms with E-state index >= 15 is 0 Å². The smallest absolute Gasteiger partial charge is 0.294 e. The fraction of sp³-hybridized carbons (Fsp3) is 0.0588. The van der Waals surface area contributed by atoms with E-state index < -0.39 is 11.4 Å². The highest BCUT2D eigenvalue weighted by Crippen LogP contribution is 2.31. The number of hydrogen-bond acceptors (Lipinski definition) is 4. The van der Waals surface area contributed by atoms with Crippen molar-refractivity contribution >= 4 is 49.6 Å². The Kier molecular flexibility index (Phi) is 3.87. The van der Waals surface area contributed by atoms with Crippen molar-refractivity contribution in [1.29, 1.82) is 0 Å². The number of aromatic nitrogens is 2. The Hall–Kier alpha value is -2.22. The standard InChI is InChI=1S/C17H10BrClFN3O2/c18-8-1-2-13-10(4-8)14-15(25-13)17(24)23-16(22-14)9-5-12(20)7(6-21)3-11(9)19/h1-5H,6,21H2,(H,22,23,24). The van der Waals surface area contributed by atoms with E-state index in [4.69, 9.17) is 21.8 Å². The van der Waals surface area contributed by atoms with Gasteiger partial charge >= 0.3 is 0 Å². The minimum atomic E-state index is -0.510. The van der Waals surface area contributed by atoms with Crippen molar-refractivity contribution in [2.45, 2.75) is 6.54 Å². The first-order chi connectivity index (χ1) is 12.0. The second-order valence-electron chi connectivity index (χ2n) is 5.46. The van der Waals surface area contributed by atoms with Crippen LogP contribution >= 0.6 is 27.5 Å². The van der Waals surface area contributed by atoms with Crippen molar-refractivity contribution in [3.63, 3.8) is 0 Å². The van der Waals surface area contributed by atoms with Crippen LogP contribution in [0.5, 0.6) is 0 Å². The van der Waals surface area contributed by atoms with E-state index in [1.54, 1.807) is 18.2 Å². The fourth-order valence-electron chi connectivity index (χ4n) is 2.68. The van der Waals surface area contributed by atoms with E-state index in [0.717, 1.165) is 4.47 Å². The minimum Gasteiger partial charge on any atom is -0.449 e. The number of nitrogens with one attached hydrogen (secondary N) is 1. The summed E-state index contributed by atoms with van der Waals surface area (Å²) in [7, 11) is 0. The van der Waals surface area contributed by atoms with Crippen molar-refractivity contribution in [3.8, 4) is 11.4 Å². The number of fused-ring (bicyclic) bond motifs is 3. The van der Waals surface area contributed by atoms with Gasteiger partial charge in [-0.3, -0.25) is 4.79 Å². The monoisotopic (exact) mass is 421 g/mol. The summed E-state index contributed by atoms with van der Waals surface area (Å²) in [5, 5.41) is 0.922. The molecule has 0 atom stereocenters. The SMILES string of the molecule is NCc1cc(Cl)c(-c2nc3c(oc4ccc(Br)cc43)c(=O)[nH]2)cc1F. The van der Waals surface area contributed by atoms with Gasteiger partial charge < -0.3 is 15.1 Å². The lowest BCUT2D eigenvalue weighted by Crippen LogP contribution is -2.09. The molecule has 0 radical (unpaired) electrons. The number of H-pyrrole nitrogens is 1. The van der Waals surface area contributed by atoms with Crippen LogP contribution in [0.15, 0.2) is 44.0 Å². The molecule has 0 fully saturated rings. The van der Waals surface area contributed by atoms with Crippen LogP contribution in [-0.2, 0) is 6.54 Å². The van der Waals surface area contributed by atoms with Crippen LogP contribution in [0.2, 0.25) is 5.02 Å². The Balaban J connectivity index is 2.03. The molecule has 0 spiro atoms. The van der Waals surface area contributed by atoms with Gasteiger partial charge in [-0.15, -0.1) is 0 Å². The third kappa shape index (κ3) is 2.64. The predicted molar refractivity (Wildman–Crippen MR) is 98.1 cm³/mol. The molecule has 2 aromatic carbocycles. The first-order valence-electron chi connectivity index (χ1n) is 7.28. The van der Waals surface area contributed by atoms with Gasteiger partial charge in [-0.25, -0.2) is 9.37 Å². The number of benzene rings is 2. The Labute approximate surface area is 153 Å². The molecule has 0 aliphatic heterocycles. The van der Waals surface area contributed by atoms with Gasteiger partial charge in [0.05, 0.1) is 5.02 Å². The molecule has 0 bridgehead atoms. The average Bonchev–Trinajstić information content (AvgIpc) is 2.95. The first kappa shape index (κ1) is 16.3. The maximum absolute atomic E-state index is 14.1. The van der Waals surface area contributed by atoms with Gasteiger partial charge in [0.1, 0.15) is 22.7 Å². The molecule has 4 rings (SSSR count). The number of halogens is 3. The van der Waals surface area contributed by atoms with E-state index in [1.165, 1.54) is 12.1 Å². The van der Waals surface area contributed by atoms with Gasteiger partial charge in [0.15, 0.2) is 0 Å². The zero-order valence-corrected chi connectivity index (χ0v) is 14.9. The van der Waals surface area contributed by atoms with Gasteiger partial charge in [-0.1, -0.05) is 27.5 Å². The molecule has 8 heteroatoms. The van der Waals surface area contributed by atoms with Gasteiger partial charge in [0.2, 0.25) is 5.58 Å². The number of hydrogen-bond donors (Lipinski definition) is 2. The second-order valence-corrected chi connectivity index (χ2v) is 6.79. The summed E-state index contributed by atoms with van der Waals surface area (Å²) in [4.78, 5) is 19.4. The highest BCUT2D eigenvalue weighted by atomic mass is 79.9. The molecule has 3 N–H and O–H groups in total. The van der Waals surface area contributed by atoms with E-state index in [9.17, 15) is 9.18 Å². The largest absolute Gasteiger partial charge is 0.449 e. The van der Waals surface area contributed by atoms with Crippen molar-refractivity contribution in [2.24, 2.45) is 5.73 Å². The number of nitrogens with zero attached hydrogens (tertiary/aromatic N) is 1. The Bertz CT molecular complexity index is 1200. The van der Waals surface area contributed by atoms with E-state index in [0.29, 0.717) is 16.5 Å². The van der Waals surface area contributed by atoms with E-state index in [2.05, 4.69) is 25.9 Å². The van der Waals surface area contributed by atoms with E-state index in [1.807, 2.05) is 0 Å². The number of aromatic amines is 1. The summed E-state index contributed by atoms with van der Waals surface area (Å²) < 4.78 is 20.5. The number of nitrogens with two attached hydrogens (primary N) is 1. The Morgan fingerprint density at radius 1 is 1.32 bits per heavy atom. The van der Waals surface area contributed by atoms with Gasteiger partial charge in [0.25, 0.3) is 5.56 Å². The summed E-state index contributed by atoms with van der Waals surface area (Å²) in [6.07, 6.45) is 0. The van der Waals surface area contributed by atoms with Gasteiger partial charge in [-0.05, 0) is 30.3 Å². The summed E-state index contributed by atoms with van der Waals surface area (Å²) in [6, 6.07) is 7.99. The minimum absolute atomic E-state index is 0.0230. The van der Waals surface area contributed by atoms with Gasteiger partial charge in [0, 0.05) is 27.5 Å². The van der Waals surface area contributed by atoms with Crippen LogP contribution in [0.25, 0.3) is 33.5 Å². The van der Waals surface area contributed by atoms with Crippen LogP contribution < -0.4 is 11.3 Å². The predicted octanol–water partition coefficient (Wildman–Crippen LogP) is 4.35. The number of furan rings is 1. The highest BCUT2D eigenvalue weighted by molar-refractivity contribution is 9.10. The second kappa shape index (κ2) is 5.94. The lowest BCUT2D eigenvalue weighted by molar-refractivity contribution is 0.611.